The van der Waals surface area contributed by atoms with Crippen LogP contribution in [-0.4, -0.2) is 17.8 Å². The number of aromatic amines is 1. The molecule has 0 saturated heterocycles. The molecule has 3 rings (SSSR count). The van der Waals surface area contributed by atoms with Crippen molar-refractivity contribution in [2.75, 3.05) is 7.11 Å². The molecule has 1 aromatic carbocycles. The Bertz CT molecular complexity index is 788. The third-order valence-corrected chi connectivity index (χ3v) is 3.96. The van der Waals surface area contributed by atoms with Crippen LogP contribution in [0.1, 0.15) is 22.4 Å². The van der Waals surface area contributed by atoms with Crippen molar-refractivity contribution < 1.29 is 4.74 Å². The van der Waals surface area contributed by atoms with E-state index in [1.807, 2.05) is 26.0 Å². The number of methoxy groups -OCH3 is 1. The zero-order valence-electron chi connectivity index (χ0n) is 12.5. The maximum Gasteiger partial charge on any atom is 0.187 e. The zero-order valence-corrected chi connectivity index (χ0v) is 12.5. The number of benzene rings is 1. The number of H-pyrrole nitrogens is 1. The van der Waals surface area contributed by atoms with Gasteiger partial charge in [0.2, 0.25) is 0 Å². The van der Waals surface area contributed by atoms with Gasteiger partial charge in [-0.3, -0.25) is 9.79 Å². The lowest BCUT2D eigenvalue weighted by Crippen LogP contribution is -2.16. The lowest BCUT2D eigenvalue weighted by Gasteiger charge is -2.06. The van der Waals surface area contributed by atoms with E-state index in [2.05, 4.69) is 16.0 Å². The van der Waals surface area contributed by atoms with Crippen LogP contribution in [0.5, 0.6) is 5.75 Å². The molecule has 2 aromatic rings. The SMILES string of the molecule is COc1ccc2c(c1)N=C(Cc1[nH]cc(C)c(=O)c1C)C2. The Morgan fingerprint density at radius 3 is 2.90 bits per heavy atom. The molecule has 0 fully saturated rings. The first-order valence-corrected chi connectivity index (χ1v) is 6.99. The second-order valence-electron chi connectivity index (χ2n) is 5.43. The Morgan fingerprint density at radius 1 is 1.33 bits per heavy atom. The summed E-state index contributed by atoms with van der Waals surface area (Å²) in [6.07, 6.45) is 3.28. The van der Waals surface area contributed by atoms with E-state index in [9.17, 15) is 4.79 Å². The number of fused-ring (bicyclic) bond motifs is 1. The highest BCUT2D eigenvalue weighted by molar-refractivity contribution is 5.95. The first kappa shape index (κ1) is 13.6. The number of aryl methyl sites for hydroxylation is 1. The average Bonchev–Trinajstić information content (AvgIpc) is 2.89. The standard InChI is InChI=1S/C17H18N2O2/c1-10-9-18-15(11(2)17(10)20)7-13-6-12-4-5-14(21-3)8-16(12)19-13/h4-5,8-9H,6-7H2,1-3H3,(H,18,20). The van der Waals surface area contributed by atoms with Gasteiger partial charge in [0.05, 0.1) is 12.8 Å². The van der Waals surface area contributed by atoms with Crippen LogP contribution in [-0.2, 0) is 12.8 Å². The van der Waals surface area contributed by atoms with Gasteiger partial charge in [-0.2, -0.15) is 0 Å². The van der Waals surface area contributed by atoms with E-state index in [4.69, 9.17) is 4.74 Å². The first-order valence-electron chi connectivity index (χ1n) is 6.99. The summed E-state index contributed by atoms with van der Waals surface area (Å²) in [5, 5.41) is 0. The van der Waals surface area contributed by atoms with Crippen molar-refractivity contribution in [1.29, 1.82) is 0 Å². The predicted molar refractivity (Wildman–Crippen MR) is 84.0 cm³/mol. The lowest BCUT2D eigenvalue weighted by atomic mass is 10.0. The molecule has 0 atom stereocenters. The van der Waals surface area contributed by atoms with E-state index in [0.717, 1.165) is 40.4 Å². The third kappa shape index (κ3) is 2.49. The summed E-state index contributed by atoms with van der Waals surface area (Å²) in [5.74, 6) is 0.818. The molecule has 0 radical (unpaired) electrons. The van der Waals surface area contributed by atoms with Gasteiger partial charge < -0.3 is 9.72 Å². The number of nitrogens with one attached hydrogen (secondary N) is 1. The summed E-state index contributed by atoms with van der Waals surface area (Å²) in [6.45, 7) is 3.69. The molecule has 21 heavy (non-hydrogen) atoms. The largest absolute Gasteiger partial charge is 0.497 e. The van der Waals surface area contributed by atoms with E-state index >= 15 is 0 Å². The van der Waals surface area contributed by atoms with E-state index in [1.54, 1.807) is 13.3 Å². The number of hydrogen-bond acceptors (Lipinski definition) is 3. The van der Waals surface area contributed by atoms with Crippen molar-refractivity contribution in [3.05, 3.63) is 57.0 Å². The highest BCUT2D eigenvalue weighted by Crippen LogP contribution is 2.31. The molecule has 4 heteroatoms. The Balaban J connectivity index is 1.88. The van der Waals surface area contributed by atoms with Gasteiger partial charge in [-0.1, -0.05) is 6.07 Å². The van der Waals surface area contributed by atoms with Gasteiger partial charge in [0.15, 0.2) is 5.43 Å². The number of hydrogen-bond donors (Lipinski definition) is 1. The fourth-order valence-corrected chi connectivity index (χ4v) is 2.65. The highest BCUT2D eigenvalue weighted by atomic mass is 16.5. The van der Waals surface area contributed by atoms with Gasteiger partial charge in [0.1, 0.15) is 5.75 Å². The molecule has 108 valence electrons. The fourth-order valence-electron chi connectivity index (χ4n) is 2.65. The second kappa shape index (κ2) is 5.20. The molecule has 4 nitrogen and oxygen atoms in total. The maximum atomic E-state index is 12.0. The molecule has 0 spiro atoms. The topological polar surface area (TPSA) is 54.4 Å². The van der Waals surface area contributed by atoms with Crippen molar-refractivity contribution in [3.8, 4) is 5.75 Å². The highest BCUT2D eigenvalue weighted by Gasteiger charge is 2.17. The molecule has 1 aromatic heterocycles. The second-order valence-corrected chi connectivity index (χ2v) is 5.43. The quantitative estimate of drug-likeness (QED) is 0.941. The number of nitrogens with zero attached hydrogens (tertiary/aromatic N) is 1. The average molecular weight is 282 g/mol. The summed E-state index contributed by atoms with van der Waals surface area (Å²) >= 11 is 0. The summed E-state index contributed by atoms with van der Waals surface area (Å²) in [7, 11) is 1.65. The molecule has 1 aliphatic heterocycles. The molecule has 1 N–H and O–H groups in total. The number of aromatic nitrogens is 1. The van der Waals surface area contributed by atoms with E-state index in [0.29, 0.717) is 6.42 Å². The van der Waals surface area contributed by atoms with Crippen LogP contribution in [0.4, 0.5) is 5.69 Å². The zero-order chi connectivity index (χ0) is 15.0. The minimum absolute atomic E-state index is 0.113. The minimum Gasteiger partial charge on any atom is -0.497 e. The number of aliphatic imine (C=N–C) groups is 1. The van der Waals surface area contributed by atoms with Gasteiger partial charge >= 0.3 is 0 Å². The van der Waals surface area contributed by atoms with Gasteiger partial charge in [-0.15, -0.1) is 0 Å². The Hall–Kier alpha value is -2.36. The minimum atomic E-state index is 0.113. The van der Waals surface area contributed by atoms with Gasteiger partial charge in [-0.25, -0.2) is 0 Å². The summed E-state index contributed by atoms with van der Waals surface area (Å²) in [5.41, 5.74) is 5.84. The molecule has 0 unspecified atom stereocenters. The summed E-state index contributed by atoms with van der Waals surface area (Å²) in [6, 6.07) is 5.96. The monoisotopic (exact) mass is 282 g/mol. The van der Waals surface area contributed by atoms with Crippen LogP contribution in [0.15, 0.2) is 34.2 Å². The molecule has 1 aliphatic rings. The van der Waals surface area contributed by atoms with Gasteiger partial charge in [-0.05, 0) is 25.5 Å². The molecule has 2 heterocycles. The normalized spacial score (nSPS) is 13.0. The number of pyridine rings is 1. The number of rotatable bonds is 3. The summed E-state index contributed by atoms with van der Waals surface area (Å²) in [4.78, 5) is 19.9. The van der Waals surface area contributed by atoms with Gasteiger partial charge in [0, 0.05) is 47.6 Å². The maximum absolute atomic E-state index is 12.0. The van der Waals surface area contributed by atoms with Crippen molar-refractivity contribution in [2.45, 2.75) is 26.7 Å². The molecular formula is C17H18N2O2. The van der Waals surface area contributed by atoms with Crippen LogP contribution >= 0.6 is 0 Å². The molecule has 0 aliphatic carbocycles. The van der Waals surface area contributed by atoms with Crippen LogP contribution < -0.4 is 10.2 Å². The van der Waals surface area contributed by atoms with Crippen molar-refractivity contribution in [3.63, 3.8) is 0 Å². The van der Waals surface area contributed by atoms with Crippen molar-refractivity contribution >= 4 is 11.4 Å². The molecular weight excluding hydrogens is 264 g/mol. The van der Waals surface area contributed by atoms with Crippen LogP contribution in [0.3, 0.4) is 0 Å². The lowest BCUT2D eigenvalue weighted by molar-refractivity contribution is 0.415. The third-order valence-electron chi connectivity index (χ3n) is 3.96. The van der Waals surface area contributed by atoms with Crippen LogP contribution in [0.25, 0.3) is 0 Å². The van der Waals surface area contributed by atoms with Crippen LogP contribution in [0.2, 0.25) is 0 Å². The van der Waals surface area contributed by atoms with Gasteiger partial charge in [0.25, 0.3) is 0 Å². The van der Waals surface area contributed by atoms with E-state index < -0.39 is 0 Å². The number of ether oxygens (including phenoxy) is 1. The van der Waals surface area contributed by atoms with E-state index in [1.165, 1.54) is 5.56 Å². The Labute approximate surface area is 123 Å². The molecule has 0 amide bonds. The van der Waals surface area contributed by atoms with E-state index in [-0.39, 0.29) is 5.43 Å². The van der Waals surface area contributed by atoms with Crippen LogP contribution in [0, 0.1) is 13.8 Å². The van der Waals surface area contributed by atoms with Crippen molar-refractivity contribution in [2.24, 2.45) is 4.99 Å². The Kier molecular flexibility index (Phi) is 3.37. The molecule has 0 bridgehead atoms. The van der Waals surface area contributed by atoms with Crippen molar-refractivity contribution in [1.82, 2.24) is 4.98 Å². The molecule has 0 saturated carbocycles. The first-order chi connectivity index (χ1) is 10.1. The summed E-state index contributed by atoms with van der Waals surface area (Å²) < 4.78 is 5.22. The fraction of sp³-hybridized carbons (Fsp3) is 0.294. The predicted octanol–water partition coefficient (Wildman–Crippen LogP) is 2.87. The smallest absolute Gasteiger partial charge is 0.187 e. The Morgan fingerprint density at radius 2 is 2.14 bits per heavy atom.